The second-order valence-electron chi connectivity index (χ2n) is 4.30. The van der Waals surface area contributed by atoms with Gasteiger partial charge in [0, 0.05) is 24.1 Å². The lowest BCUT2D eigenvalue weighted by Gasteiger charge is -2.14. The average Bonchev–Trinajstić information content (AvgIpc) is 2.66. The number of hydrogen-bond donors (Lipinski definition) is 3. The van der Waals surface area contributed by atoms with E-state index in [1.807, 2.05) is 0 Å². The maximum atomic E-state index is 12.0. The molecule has 0 aliphatic carbocycles. The number of carbonyl (C=O) groups excluding carboxylic acids is 1. The Morgan fingerprint density at radius 2 is 2.05 bits per heavy atom. The van der Waals surface area contributed by atoms with Crippen molar-refractivity contribution in [3.05, 3.63) is 22.4 Å². The monoisotopic (exact) mass is 346 g/mol. The molecule has 1 aromatic rings. The minimum absolute atomic E-state index is 0.0684. The van der Waals surface area contributed by atoms with Crippen molar-refractivity contribution in [1.29, 1.82) is 0 Å². The third-order valence-electron chi connectivity index (χ3n) is 2.69. The first kappa shape index (κ1) is 16.2. The highest BCUT2D eigenvalue weighted by atomic mass is 79.9. The minimum Gasteiger partial charge on any atom is -0.481 e. The zero-order chi connectivity index (χ0) is 15.3. The third kappa shape index (κ3) is 4.69. The molecule has 1 amide bonds. The number of carboxylic acid groups (broad SMARTS) is 2. The second-order valence-corrected chi connectivity index (χ2v) is 5.22. The zero-order valence-electron chi connectivity index (χ0n) is 10.8. The van der Waals surface area contributed by atoms with Crippen LogP contribution in [0.25, 0.3) is 0 Å². The number of aromatic nitrogens is 1. The van der Waals surface area contributed by atoms with Crippen LogP contribution in [0.2, 0.25) is 0 Å². The van der Waals surface area contributed by atoms with Crippen molar-refractivity contribution < 1.29 is 24.6 Å². The Morgan fingerprint density at radius 3 is 2.50 bits per heavy atom. The summed E-state index contributed by atoms with van der Waals surface area (Å²) in [6.45, 7) is 0. The molecular formula is C12H15BrN2O5. The molecular weight excluding hydrogens is 332 g/mol. The van der Waals surface area contributed by atoms with Crippen LogP contribution in [0, 0.1) is 0 Å². The molecule has 8 heteroatoms. The predicted molar refractivity (Wildman–Crippen MR) is 73.5 cm³/mol. The maximum Gasteiger partial charge on any atom is 0.326 e. The molecule has 0 unspecified atom stereocenters. The van der Waals surface area contributed by atoms with Gasteiger partial charge in [-0.1, -0.05) is 0 Å². The van der Waals surface area contributed by atoms with Crippen LogP contribution >= 0.6 is 15.9 Å². The van der Waals surface area contributed by atoms with E-state index in [-0.39, 0.29) is 19.3 Å². The van der Waals surface area contributed by atoms with E-state index in [2.05, 4.69) is 21.2 Å². The first-order valence-corrected chi connectivity index (χ1v) is 6.68. The number of amides is 1. The summed E-state index contributed by atoms with van der Waals surface area (Å²) in [5.74, 6) is -2.69. The van der Waals surface area contributed by atoms with Crippen LogP contribution < -0.4 is 5.32 Å². The van der Waals surface area contributed by atoms with E-state index in [0.717, 1.165) is 0 Å². The Hall–Kier alpha value is -1.83. The molecule has 0 radical (unpaired) electrons. The van der Waals surface area contributed by atoms with Gasteiger partial charge in [0.2, 0.25) is 0 Å². The van der Waals surface area contributed by atoms with Gasteiger partial charge in [0.25, 0.3) is 5.91 Å². The van der Waals surface area contributed by atoms with Gasteiger partial charge in [0.1, 0.15) is 11.7 Å². The van der Waals surface area contributed by atoms with Gasteiger partial charge < -0.3 is 20.1 Å². The van der Waals surface area contributed by atoms with Crippen LogP contribution in [0.3, 0.4) is 0 Å². The lowest BCUT2D eigenvalue weighted by atomic mass is 10.1. The number of carbonyl (C=O) groups is 3. The van der Waals surface area contributed by atoms with Crippen molar-refractivity contribution in [3.8, 4) is 0 Å². The van der Waals surface area contributed by atoms with Crippen molar-refractivity contribution in [2.75, 3.05) is 0 Å². The van der Waals surface area contributed by atoms with Gasteiger partial charge >= 0.3 is 11.9 Å². The highest BCUT2D eigenvalue weighted by Gasteiger charge is 2.22. The number of hydrogen-bond acceptors (Lipinski definition) is 3. The lowest BCUT2D eigenvalue weighted by Crippen LogP contribution is -2.41. The topological polar surface area (TPSA) is 109 Å². The normalized spacial score (nSPS) is 11.9. The largest absolute Gasteiger partial charge is 0.481 e. The van der Waals surface area contributed by atoms with Gasteiger partial charge in [-0.15, -0.1) is 0 Å². The number of aliphatic carboxylic acids is 2. The van der Waals surface area contributed by atoms with Crippen LogP contribution in [-0.4, -0.2) is 38.7 Å². The van der Waals surface area contributed by atoms with Gasteiger partial charge in [-0.3, -0.25) is 9.59 Å². The van der Waals surface area contributed by atoms with Gasteiger partial charge in [-0.2, -0.15) is 0 Å². The number of rotatable bonds is 7. The molecule has 110 valence electrons. The van der Waals surface area contributed by atoms with Gasteiger partial charge in [-0.25, -0.2) is 4.79 Å². The highest BCUT2D eigenvalue weighted by molar-refractivity contribution is 9.10. The van der Waals surface area contributed by atoms with E-state index < -0.39 is 23.9 Å². The Balaban J connectivity index is 2.66. The maximum absolute atomic E-state index is 12.0. The van der Waals surface area contributed by atoms with E-state index in [9.17, 15) is 14.4 Å². The third-order valence-corrected chi connectivity index (χ3v) is 3.12. The molecule has 1 heterocycles. The molecule has 3 N–H and O–H groups in total. The van der Waals surface area contributed by atoms with Crippen molar-refractivity contribution >= 4 is 33.8 Å². The summed E-state index contributed by atoms with van der Waals surface area (Å²) in [7, 11) is 1.67. The molecule has 0 aromatic carbocycles. The zero-order valence-corrected chi connectivity index (χ0v) is 12.4. The first-order valence-electron chi connectivity index (χ1n) is 5.88. The van der Waals surface area contributed by atoms with Crippen molar-refractivity contribution in [3.63, 3.8) is 0 Å². The average molecular weight is 347 g/mol. The van der Waals surface area contributed by atoms with Crippen LogP contribution in [0.4, 0.5) is 0 Å². The molecule has 0 bridgehead atoms. The quantitative estimate of drug-likeness (QED) is 0.687. The van der Waals surface area contributed by atoms with Crippen LogP contribution in [0.5, 0.6) is 0 Å². The Bertz CT molecular complexity index is 526. The van der Waals surface area contributed by atoms with Crippen molar-refractivity contribution in [2.24, 2.45) is 7.05 Å². The van der Waals surface area contributed by atoms with Crippen LogP contribution in [0.1, 0.15) is 29.8 Å². The molecule has 1 rings (SSSR count). The molecule has 1 atom stereocenters. The molecule has 0 saturated heterocycles. The van der Waals surface area contributed by atoms with Crippen LogP contribution in [-0.2, 0) is 16.6 Å². The SMILES string of the molecule is Cn1cc(Br)cc1C(=O)N[C@H](CCCC(=O)O)C(=O)O. The summed E-state index contributed by atoms with van der Waals surface area (Å²) in [6.07, 6.45) is 1.80. The number of nitrogens with one attached hydrogen (secondary N) is 1. The molecule has 0 spiro atoms. The molecule has 20 heavy (non-hydrogen) atoms. The summed E-state index contributed by atoms with van der Waals surface area (Å²) in [5, 5.41) is 19.9. The second kappa shape index (κ2) is 7.09. The van der Waals surface area contributed by atoms with Crippen molar-refractivity contribution in [1.82, 2.24) is 9.88 Å². The van der Waals surface area contributed by atoms with Gasteiger partial charge in [0.05, 0.1) is 0 Å². The minimum atomic E-state index is -1.18. The molecule has 0 saturated carbocycles. The summed E-state index contributed by atoms with van der Waals surface area (Å²) in [4.78, 5) is 33.4. The van der Waals surface area contributed by atoms with E-state index in [1.165, 1.54) is 0 Å². The standard InChI is InChI=1S/C12H15BrN2O5/c1-15-6-7(13)5-9(15)11(18)14-8(12(19)20)3-2-4-10(16)17/h5-6,8H,2-4H2,1H3,(H,14,18)(H,16,17)(H,19,20)/t8-/m1/s1. The van der Waals surface area contributed by atoms with E-state index in [0.29, 0.717) is 10.2 Å². The number of nitrogens with zero attached hydrogens (tertiary/aromatic N) is 1. The summed E-state index contributed by atoms with van der Waals surface area (Å²) in [5.41, 5.74) is 0.321. The summed E-state index contributed by atoms with van der Waals surface area (Å²) in [6, 6.07) is 0.474. The fourth-order valence-corrected chi connectivity index (χ4v) is 2.22. The predicted octanol–water partition coefficient (Wildman–Crippen LogP) is 1.23. The van der Waals surface area contributed by atoms with E-state index in [1.54, 1.807) is 23.9 Å². The Labute approximate surface area is 123 Å². The summed E-state index contributed by atoms with van der Waals surface area (Å²) >= 11 is 3.22. The molecule has 0 fully saturated rings. The Kier molecular flexibility index (Phi) is 5.75. The summed E-state index contributed by atoms with van der Waals surface area (Å²) < 4.78 is 2.28. The highest BCUT2D eigenvalue weighted by Crippen LogP contribution is 2.14. The molecule has 0 aliphatic heterocycles. The molecule has 0 aliphatic rings. The molecule has 1 aromatic heterocycles. The van der Waals surface area contributed by atoms with Crippen LogP contribution in [0.15, 0.2) is 16.7 Å². The number of carboxylic acids is 2. The fraction of sp³-hybridized carbons (Fsp3) is 0.417. The smallest absolute Gasteiger partial charge is 0.326 e. The van der Waals surface area contributed by atoms with E-state index in [4.69, 9.17) is 10.2 Å². The number of halogens is 1. The lowest BCUT2D eigenvalue weighted by molar-refractivity contribution is -0.140. The van der Waals surface area contributed by atoms with Gasteiger partial charge in [0.15, 0.2) is 0 Å². The van der Waals surface area contributed by atoms with E-state index >= 15 is 0 Å². The number of aryl methyl sites for hydroxylation is 1. The van der Waals surface area contributed by atoms with Gasteiger partial charge in [-0.05, 0) is 34.8 Å². The molecule has 7 nitrogen and oxygen atoms in total. The first-order chi connectivity index (χ1) is 9.31. The Morgan fingerprint density at radius 1 is 1.40 bits per heavy atom. The fourth-order valence-electron chi connectivity index (χ4n) is 1.70. The van der Waals surface area contributed by atoms with Crippen molar-refractivity contribution in [2.45, 2.75) is 25.3 Å².